The van der Waals surface area contributed by atoms with Gasteiger partial charge >= 0.3 is 18.2 Å². The highest BCUT2D eigenvalue weighted by Gasteiger charge is 2.51. The van der Waals surface area contributed by atoms with Crippen molar-refractivity contribution in [3.05, 3.63) is 41.0 Å². The number of alkyl halides is 3. The van der Waals surface area contributed by atoms with Crippen molar-refractivity contribution in [2.45, 2.75) is 69.6 Å². The summed E-state index contributed by atoms with van der Waals surface area (Å²) in [5.74, 6) is -2.13. The average molecular weight is 510 g/mol. The summed E-state index contributed by atoms with van der Waals surface area (Å²) in [5.41, 5.74) is 3.04. The van der Waals surface area contributed by atoms with Crippen LogP contribution in [0.1, 0.15) is 48.8 Å². The quantitative estimate of drug-likeness (QED) is 0.584. The van der Waals surface area contributed by atoms with Gasteiger partial charge in [-0.05, 0) is 42.5 Å². The van der Waals surface area contributed by atoms with Crippen LogP contribution in [-0.2, 0) is 32.2 Å². The second-order valence-electron chi connectivity index (χ2n) is 9.29. The molecule has 0 aliphatic carbocycles. The maximum absolute atomic E-state index is 13.8. The molecule has 3 atom stereocenters. The molecule has 1 N–H and O–H groups in total. The van der Waals surface area contributed by atoms with Gasteiger partial charge in [0.05, 0.1) is 20.2 Å². The summed E-state index contributed by atoms with van der Waals surface area (Å²) in [6.07, 6.45) is 0.155. The number of amides is 2. The number of hydrogen-bond donors (Lipinski definition) is 1. The predicted molar refractivity (Wildman–Crippen MR) is 123 cm³/mol. The van der Waals surface area contributed by atoms with E-state index in [9.17, 15) is 27.6 Å². The smallest absolute Gasteiger partial charge is 0.412 e. The van der Waals surface area contributed by atoms with Crippen LogP contribution in [0.4, 0.5) is 18.0 Å². The number of ether oxygens (including phenoxy) is 2. The van der Waals surface area contributed by atoms with Crippen LogP contribution in [-0.4, -0.2) is 72.3 Å². The lowest BCUT2D eigenvalue weighted by Crippen LogP contribution is -2.56. The lowest BCUT2D eigenvalue weighted by atomic mass is 10.0. The Bertz CT molecular complexity index is 1030. The molecule has 1 fully saturated rings. The van der Waals surface area contributed by atoms with Crippen molar-refractivity contribution in [2.24, 2.45) is 0 Å². The standard InChI is InChI=1S/C25H30F3N3O5/c1-35-23(33)20-12-18-14-31(20)22(32)21(25(26,27)28)29-11-6-4-2-3-5-8-16-9-7-10-17-13-30(15-19(16)17)24(34)36-18/h5,7-10,18,20-21,29H,2-4,6,11-15H2,1H3/t18-,20+,21?/m1/s1. The molecule has 3 heterocycles. The van der Waals surface area contributed by atoms with E-state index >= 15 is 0 Å². The normalized spacial score (nSPS) is 25.7. The van der Waals surface area contributed by atoms with Crippen LogP contribution in [0.5, 0.6) is 0 Å². The number of carbonyl (C=O) groups is 3. The third kappa shape index (κ3) is 5.66. The zero-order valence-electron chi connectivity index (χ0n) is 20.1. The molecule has 0 saturated carbocycles. The molecule has 196 valence electrons. The van der Waals surface area contributed by atoms with Gasteiger partial charge in [-0.15, -0.1) is 0 Å². The Balaban J connectivity index is 1.59. The third-order valence-corrected chi connectivity index (χ3v) is 6.83. The van der Waals surface area contributed by atoms with Crippen molar-refractivity contribution in [1.82, 2.24) is 15.1 Å². The molecule has 4 rings (SSSR count). The van der Waals surface area contributed by atoms with Crippen molar-refractivity contribution in [3.8, 4) is 0 Å². The molecule has 4 bridgehead atoms. The number of nitrogens with one attached hydrogen (secondary N) is 1. The Morgan fingerprint density at radius 2 is 1.97 bits per heavy atom. The van der Waals surface area contributed by atoms with Crippen molar-refractivity contribution >= 4 is 24.0 Å². The number of rotatable bonds is 1. The van der Waals surface area contributed by atoms with E-state index in [2.05, 4.69) is 5.32 Å². The molecule has 2 amide bonds. The molecular formula is C25H30F3N3O5. The summed E-state index contributed by atoms with van der Waals surface area (Å²) < 4.78 is 51.7. The van der Waals surface area contributed by atoms with Gasteiger partial charge in [-0.3, -0.25) is 15.0 Å². The number of halogens is 3. The predicted octanol–water partition coefficient (Wildman–Crippen LogP) is 3.39. The van der Waals surface area contributed by atoms with E-state index in [-0.39, 0.29) is 19.5 Å². The van der Waals surface area contributed by atoms with E-state index in [0.717, 1.165) is 41.5 Å². The summed E-state index contributed by atoms with van der Waals surface area (Å²) in [6, 6.07) is 2.12. The fraction of sp³-hybridized carbons (Fsp3) is 0.560. The van der Waals surface area contributed by atoms with Gasteiger partial charge < -0.3 is 14.4 Å². The van der Waals surface area contributed by atoms with Gasteiger partial charge in [0, 0.05) is 13.0 Å². The molecule has 11 heteroatoms. The Morgan fingerprint density at radius 1 is 1.17 bits per heavy atom. The van der Waals surface area contributed by atoms with Gasteiger partial charge in [0.15, 0.2) is 6.04 Å². The molecule has 36 heavy (non-hydrogen) atoms. The first-order valence-corrected chi connectivity index (χ1v) is 12.1. The summed E-state index contributed by atoms with van der Waals surface area (Å²) in [5, 5.41) is 2.32. The molecule has 0 spiro atoms. The highest BCUT2D eigenvalue weighted by Crippen LogP contribution is 2.31. The van der Waals surface area contributed by atoms with Gasteiger partial charge in [-0.1, -0.05) is 36.8 Å². The van der Waals surface area contributed by atoms with E-state index in [4.69, 9.17) is 9.47 Å². The molecule has 1 saturated heterocycles. The average Bonchev–Trinajstić information content (AvgIpc) is 3.46. The van der Waals surface area contributed by atoms with E-state index < -0.39 is 42.3 Å². The highest BCUT2D eigenvalue weighted by molar-refractivity contribution is 5.89. The molecule has 3 aliphatic heterocycles. The Hall–Kier alpha value is -3.08. The van der Waals surface area contributed by atoms with Gasteiger partial charge in [-0.25, -0.2) is 9.59 Å². The highest BCUT2D eigenvalue weighted by atomic mass is 19.4. The second-order valence-corrected chi connectivity index (χ2v) is 9.29. The minimum atomic E-state index is -4.86. The largest absolute Gasteiger partial charge is 0.467 e. The molecule has 1 aromatic rings. The monoisotopic (exact) mass is 509 g/mol. The Labute approximate surface area is 207 Å². The summed E-state index contributed by atoms with van der Waals surface area (Å²) in [6.45, 7) is 0.347. The van der Waals surface area contributed by atoms with Crippen molar-refractivity contribution < 1.29 is 37.0 Å². The van der Waals surface area contributed by atoms with Crippen molar-refractivity contribution in [3.63, 3.8) is 0 Å². The summed E-state index contributed by atoms with van der Waals surface area (Å²) >= 11 is 0. The van der Waals surface area contributed by atoms with Crippen LogP contribution >= 0.6 is 0 Å². The fourth-order valence-corrected chi connectivity index (χ4v) is 4.97. The topological polar surface area (TPSA) is 88.2 Å². The van der Waals surface area contributed by atoms with Crippen molar-refractivity contribution in [2.75, 3.05) is 20.2 Å². The van der Waals surface area contributed by atoms with Gasteiger partial charge in [0.25, 0.3) is 0 Å². The van der Waals surface area contributed by atoms with E-state index in [1.54, 1.807) is 0 Å². The summed E-state index contributed by atoms with van der Waals surface area (Å²) in [4.78, 5) is 40.6. The molecular weight excluding hydrogens is 479 g/mol. The maximum Gasteiger partial charge on any atom is 0.412 e. The van der Waals surface area contributed by atoms with Crippen molar-refractivity contribution in [1.29, 1.82) is 0 Å². The number of nitrogens with zero attached hydrogens (tertiary/aromatic N) is 2. The second kappa shape index (κ2) is 10.9. The first-order valence-electron chi connectivity index (χ1n) is 12.1. The number of fused-ring (bicyclic) bond motifs is 3. The van der Waals surface area contributed by atoms with Crippen LogP contribution < -0.4 is 5.32 Å². The Morgan fingerprint density at radius 3 is 2.72 bits per heavy atom. The van der Waals surface area contributed by atoms with Crippen LogP contribution in [0, 0.1) is 0 Å². The number of carbonyl (C=O) groups excluding carboxylic acids is 3. The minimum absolute atomic E-state index is 0.00404. The Kier molecular flexibility index (Phi) is 7.87. The number of esters is 1. The number of allylic oxidation sites excluding steroid dienone is 1. The van der Waals surface area contributed by atoms with Crippen LogP contribution in [0.3, 0.4) is 0 Å². The van der Waals surface area contributed by atoms with E-state index in [1.165, 1.54) is 4.90 Å². The van der Waals surface area contributed by atoms with Gasteiger partial charge in [-0.2, -0.15) is 13.2 Å². The number of hydrogen-bond acceptors (Lipinski definition) is 6. The van der Waals surface area contributed by atoms with E-state index in [1.807, 2.05) is 30.4 Å². The molecule has 3 aliphatic rings. The fourth-order valence-electron chi connectivity index (χ4n) is 4.97. The van der Waals surface area contributed by atoms with Crippen LogP contribution in [0.25, 0.3) is 6.08 Å². The maximum atomic E-state index is 13.8. The van der Waals surface area contributed by atoms with Gasteiger partial charge in [0.1, 0.15) is 12.1 Å². The minimum Gasteiger partial charge on any atom is -0.467 e. The van der Waals surface area contributed by atoms with Crippen LogP contribution in [0.2, 0.25) is 0 Å². The van der Waals surface area contributed by atoms with E-state index in [0.29, 0.717) is 25.9 Å². The number of methoxy groups -OCH3 is 1. The van der Waals surface area contributed by atoms with Crippen LogP contribution in [0.15, 0.2) is 24.3 Å². The first-order chi connectivity index (χ1) is 17.2. The number of benzene rings is 1. The SMILES string of the molecule is COC(=O)[C@@H]1C[C@@H]2CN1C(=O)C(C(F)(F)F)NCCCCCC=Cc1cccc3c1CN(C3)C(=O)O2. The molecule has 8 nitrogen and oxygen atoms in total. The summed E-state index contributed by atoms with van der Waals surface area (Å²) in [7, 11) is 1.10. The molecule has 1 unspecified atom stereocenters. The lowest BCUT2D eigenvalue weighted by molar-refractivity contribution is -0.178. The van der Waals surface area contributed by atoms with Gasteiger partial charge in [0.2, 0.25) is 5.91 Å². The zero-order chi connectivity index (χ0) is 25.9. The molecule has 0 radical (unpaired) electrons. The third-order valence-electron chi connectivity index (χ3n) is 6.83. The first kappa shape index (κ1) is 26.0. The molecule has 1 aromatic carbocycles. The lowest BCUT2D eigenvalue weighted by Gasteiger charge is -2.29. The molecule has 0 aromatic heterocycles. The zero-order valence-corrected chi connectivity index (χ0v) is 20.1.